The second-order valence-electron chi connectivity index (χ2n) is 12.6. The third-order valence-corrected chi connectivity index (χ3v) is 10.8. The lowest BCUT2D eigenvalue weighted by atomic mass is 9.40. The van der Waals surface area contributed by atoms with Crippen LogP contribution in [0.3, 0.4) is 0 Å². The summed E-state index contributed by atoms with van der Waals surface area (Å²) >= 11 is 0. The molecular formula is C28H39NO9S. The molecule has 3 fully saturated rings. The summed E-state index contributed by atoms with van der Waals surface area (Å²) in [6.45, 7) is 13.7. The van der Waals surface area contributed by atoms with Gasteiger partial charge in [-0.15, -0.1) is 6.58 Å². The van der Waals surface area contributed by atoms with Crippen LogP contribution in [0.5, 0.6) is 0 Å². The first kappa shape index (κ1) is 29.7. The number of ether oxygens (including phenoxy) is 2. The number of carbonyl (C=O) groups excluding carboxylic acids is 2. The number of fused-ring (bicyclic) bond motifs is 3. The Labute approximate surface area is 229 Å². The molecule has 0 spiro atoms. The Balaban J connectivity index is 1.82. The van der Waals surface area contributed by atoms with Crippen LogP contribution in [0.2, 0.25) is 0 Å². The maximum absolute atomic E-state index is 13.9. The van der Waals surface area contributed by atoms with E-state index in [0.29, 0.717) is 6.42 Å². The van der Waals surface area contributed by atoms with E-state index in [1.807, 2.05) is 18.6 Å². The minimum absolute atomic E-state index is 0.176. The molecule has 4 rings (SSSR count). The Hall–Kier alpha value is -2.31. The quantitative estimate of drug-likeness (QED) is 0.402. The van der Waals surface area contributed by atoms with Crippen molar-refractivity contribution in [3.8, 4) is 0 Å². The summed E-state index contributed by atoms with van der Waals surface area (Å²) in [4.78, 5) is 26.8. The van der Waals surface area contributed by atoms with Gasteiger partial charge in [-0.05, 0) is 51.2 Å². The summed E-state index contributed by atoms with van der Waals surface area (Å²) in [5.41, 5.74) is -7.29. The van der Waals surface area contributed by atoms with Gasteiger partial charge < -0.3 is 24.8 Å². The summed E-state index contributed by atoms with van der Waals surface area (Å²) in [5, 5.41) is 35.6. The number of aliphatic hydroxyl groups is 3. The van der Waals surface area contributed by atoms with Gasteiger partial charge in [-0.1, -0.05) is 44.5 Å². The topological polar surface area (TPSA) is 159 Å². The number of Topliss-reactive ketones (excluding diaryl/α,β-unsaturated/α-hetero) is 1. The van der Waals surface area contributed by atoms with Crippen LogP contribution in [0.4, 0.5) is 4.79 Å². The summed E-state index contributed by atoms with van der Waals surface area (Å²) in [6.07, 6.45) is -4.00. The molecule has 1 aromatic rings. The van der Waals surface area contributed by atoms with Crippen molar-refractivity contribution in [3.63, 3.8) is 0 Å². The van der Waals surface area contributed by atoms with E-state index in [1.165, 1.54) is 25.1 Å². The number of hydrogen-bond acceptors (Lipinski definition) is 9. The number of aliphatic hydroxyl groups excluding tert-OH is 2. The molecule has 0 bridgehead atoms. The van der Waals surface area contributed by atoms with E-state index in [2.05, 4.69) is 6.58 Å². The average Bonchev–Trinajstić information content (AvgIpc) is 2.82. The van der Waals surface area contributed by atoms with E-state index in [-0.39, 0.29) is 17.7 Å². The van der Waals surface area contributed by atoms with Gasteiger partial charge in [0.15, 0.2) is 17.5 Å². The smallest absolute Gasteiger partial charge is 0.421 e. The number of amides is 1. The molecule has 39 heavy (non-hydrogen) atoms. The zero-order valence-electron chi connectivity index (χ0n) is 23.2. The largest absolute Gasteiger partial charge is 0.440 e. The number of sulfonamides is 1. The van der Waals surface area contributed by atoms with Crippen LogP contribution in [-0.4, -0.2) is 70.7 Å². The van der Waals surface area contributed by atoms with Gasteiger partial charge in [-0.3, -0.25) is 4.79 Å². The monoisotopic (exact) mass is 565 g/mol. The number of ketones is 1. The number of aryl methyl sites for hydroxylation is 1. The molecule has 3 aliphatic rings. The summed E-state index contributed by atoms with van der Waals surface area (Å²) in [7, 11) is -4.35. The fourth-order valence-corrected chi connectivity index (χ4v) is 8.39. The van der Waals surface area contributed by atoms with Crippen LogP contribution in [0.15, 0.2) is 41.8 Å². The number of benzene rings is 1. The average molecular weight is 566 g/mol. The third kappa shape index (κ3) is 4.16. The van der Waals surface area contributed by atoms with Gasteiger partial charge in [0.2, 0.25) is 0 Å². The highest BCUT2D eigenvalue weighted by molar-refractivity contribution is 7.90. The second-order valence-corrected chi connectivity index (χ2v) is 14.3. The fraction of sp³-hybridized carbons (Fsp3) is 0.643. The molecule has 2 saturated carbocycles. The van der Waals surface area contributed by atoms with E-state index in [0.717, 1.165) is 5.56 Å². The van der Waals surface area contributed by atoms with Crippen LogP contribution >= 0.6 is 0 Å². The number of carbonyl (C=O) groups is 2. The molecule has 2 aliphatic carbocycles. The highest BCUT2D eigenvalue weighted by Gasteiger charge is 2.81. The molecule has 0 aromatic heterocycles. The predicted octanol–water partition coefficient (Wildman–Crippen LogP) is 2.38. The van der Waals surface area contributed by atoms with Crippen LogP contribution in [0.25, 0.3) is 0 Å². The third-order valence-electron chi connectivity index (χ3n) is 9.51. The molecule has 1 aliphatic heterocycles. The Bertz CT molecular complexity index is 1290. The maximum atomic E-state index is 13.9. The molecule has 216 valence electrons. The first-order chi connectivity index (χ1) is 17.8. The normalized spacial score (nSPS) is 41.6. The lowest BCUT2D eigenvalue weighted by Gasteiger charge is -2.71. The maximum Gasteiger partial charge on any atom is 0.421 e. The van der Waals surface area contributed by atoms with E-state index < -0.39 is 73.8 Å². The summed E-state index contributed by atoms with van der Waals surface area (Å²) in [6, 6.07) is 5.80. The van der Waals surface area contributed by atoms with E-state index in [4.69, 9.17) is 9.47 Å². The molecule has 0 radical (unpaired) electrons. The van der Waals surface area contributed by atoms with Crippen LogP contribution in [0, 0.1) is 23.7 Å². The van der Waals surface area contributed by atoms with E-state index in [1.54, 1.807) is 32.9 Å². The zero-order valence-corrected chi connectivity index (χ0v) is 24.0. The van der Waals surface area contributed by atoms with Gasteiger partial charge >= 0.3 is 6.09 Å². The predicted molar refractivity (Wildman–Crippen MR) is 141 cm³/mol. The van der Waals surface area contributed by atoms with Gasteiger partial charge in [-0.25, -0.2) is 17.9 Å². The molecule has 0 unspecified atom stereocenters. The molecule has 11 heteroatoms. The first-order valence-corrected chi connectivity index (χ1v) is 14.5. The van der Waals surface area contributed by atoms with Crippen LogP contribution in [0.1, 0.15) is 59.4 Å². The number of nitrogens with one attached hydrogen (secondary N) is 1. The van der Waals surface area contributed by atoms with Crippen molar-refractivity contribution < 1.29 is 42.8 Å². The minimum Gasteiger partial charge on any atom is -0.440 e. The molecule has 1 amide bonds. The molecule has 4 N–H and O–H groups in total. The highest BCUT2D eigenvalue weighted by Crippen LogP contribution is 2.67. The van der Waals surface area contributed by atoms with Crippen LogP contribution in [-0.2, 0) is 24.3 Å². The second kappa shape index (κ2) is 9.10. The van der Waals surface area contributed by atoms with E-state index >= 15 is 0 Å². The lowest BCUT2D eigenvalue weighted by molar-refractivity contribution is -0.368. The Morgan fingerprint density at radius 3 is 2.31 bits per heavy atom. The molecule has 10 nitrogen and oxygen atoms in total. The van der Waals surface area contributed by atoms with Gasteiger partial charge in [0.05, 0.1) is 22.7 Å². The Morgan fingerprint density at radius 2 is 1.74 bits per heavy atom. The SMILES string of the molecule is C=C[C@@]1(C)CC(=O)[C@]2(O)[C@@]3(C)[C@@H](O)CCC(C)(C)[C@@H]3[C@H](O)[C@H](OC(=O)NS(=O)(=O)c3ccc(C)cc3)[C@@]2(C)O1. The van der Waals surface area contributed by atoms with Crippen molar-refractivity contribution in [2.45, 2.75) is 101 Å². The molecule has 1 heterocycles. The zero-order chi connectivity index (χ0) is 29.4. The number of rotatable bonds is 4. The van der Waals surface area contributed by atoms with Gasteiger partial charge in [0.1, 0.15) is 5.60 Å². The molecule has 1 saturated heterocycles. The highest BCUT2D eigenvalue weighted by atomic mass is 32.2. The molecular weight excluding hydrogens is 526 g/mol. The van der Waals surface area contributed by atoms with Gasteiger partial charge in [-0.2, -0.15) is 0 Å². The van der Waals surface area contributed by atoms with Crippen molar-refractivity contribution in [1.29, 1.82) is 0 Å². The van der Waals surface area contributed by atoms with Crippen molar-refractivity contribution in [2.24, 2.45) is 16.7 Å². The molecule has 1 aromatic carbocycles. The fourth-order valence-electron chi connectivity index (χ4n) is 7.51. The Morgan fingerprint density at radius 1 is 1.15 bits per heavy atom. The summed E-state index contributed by atoms with van der Waals surface area (Å²) < 4.78 is 39.5. The van der Waals surface area contributed by atoms with E-state index in [9.17, 15) is 33.3 Å². The van der Waals surface area contributed by atoms with Gasteiger partial charge in [0, 0.05) is 17.8 Å². The van der Waals surface area contributed by atoms with Crippen molar-refractivity contribution in [3.05, 3.63) is 42.5 Å². The van der Waals surface area contributed by atoms with Gasteiger partial charge in [0.25, 0.3) is 10.0 Å². The standard InChI is InChI=1S/C28H39NO9S/c1-8-25(5)15-19(31)28(34)26(6)18(30)13-14-24(3,4)21(26)20(32)22(27(28,7)38-25)37-23(33)29-39(35,36)17-11-9-16(2)10-12-17/h8-12,18,20-22,30,32,34H,1,13-15H2,2-7H3,(H,29,33)/t18-,20-,21-,22-,25-,26-,27+,28-/m0/s1. The van der Waals surface area contributed by atoms with Crippen LogP contribution < -0.4 is 4.72 Å². The summed E-state index contributed by atoms with van der Waals surface area (Å²) in [5.74, 6) is -1.59. The van der Waals surface area contributed by atoms with Crippen molar-refractivity contribution in [2.75, 3.05) is 0 Å². The number of hydrogen-bond donors (Lipinski definition) is 4. The minimum atomic E-state index is -4.35. The molecule has 8 atom stereocenters. The Kier molecular flexibility index (Phi) is 6.92. The van der Waals surface area contributed by atoms with Crippen molar-refractivity contribution >= 4 is 21.9 Å². The van der Waals surface area contributed by atoms with Crippen molar-refractivity contribution in [1.82, 2.24) is 4.72 Å². The lowest BCUT2D eigenvalue weighted by Crippen LogP contribution is -2.86. The first-order valence-electron chi connectivity index (χ1n) is 13.0.